The number of rotatable bonds is 6. The fourth-order valence-corrected chi connectivity index (χ4v) is 5.02. The van der Waals surface area contributed by atoms with Crippen molar-refractivity contribution in [2.45, 2.75) is 17.9 Å². The van der Waals surface area contributed by atoms with Crippen LogP contribution >= 0.6 is 0 Å². The van der Waals surface area contributed by atoms with Crippen molar-refractivity contribution in [1.29, 1.82) is 0 Å². The number of halogens is 2. The highest BCUT2D eigenvalue weighted by atomic mass is 19.3. The highest BCUT2D eigenvalue weighted by Crippen LogP contribution is 2.55. The number of carboxylic acids is 1. The third-order valence-corrected chi connectivity index (χ3v) is 6.93. The number of hydrogen-bond acceptors (Lipinski definition) is 5. The molecule has 2 aliphatic carbocycles. The topological polar surface area (TPSA) is 105 Å². The molecular formula is C25H24F2N2O6. The van der Waals surface area contributed by atoms with Crippen molar-refractivity contribution < 1.29 is 37.7 Å². The molecule has 184 valence electrons. The molecule has 2 aromatic rings. The number of amides is 2. The molecule has 8 nitrogen and oxygen atoms in total. The van der Waals surface area contributed by atoms with Crippen LogP contribution < -0.4 is 5.32 Å². The van der Waals surface area contributed by atoms with Crippen molar-refractivity contribution >= 4 is 18.0 Å². The normalized spacial score (nSPS) is 24.3. The van der Waals surface area contributed by atoms with Gasteiger partial charge in [-0.1, -0.05) is 48.5 Å². The van der Waals surface area contributed by atoms with Crippen LogP contribution in [-0.4, -0.2) is 72.9 Å². The van der Waals surface area contributed by atoms with E-state index < -0.39 is 48.4 Å². The second-order valence-corrected chi connectivity index (χ2v) is 8.95. The Morgan fingerprint density at radius 1 is 1.09 bits per heavy atom. The maximum Gasteiger partial charge on any atom is 0.407 e. The maximum absolute atomic E-state index is 14.3. The van der Waals surface area contributed by atoms with Crippen LogP contribution in [0.15, 0.2) is 48.5 Å². The minimum atomic E-state index is -3.29. The molecule has 1 saturated heterocycles. The molecular weight excluding hydrogens is 462 g/mol. The van der Waals surface area contributed by atoms with E-state index in [0.29, 0.717) is 0 Å². The fourth-order valence-electron chi connectivity index (χ4n) is 5.02. The fraction of sp³-hybridized carbons (Fsp3) is 0.400. The monoisotopic (exact) mass is 486 g/mol. The molecule has 0 bridgehead atoms. The summed E-state index contributed by atoms with van der Waals surface area (Å²) in [6, 6.07) is 15.7. The smallest absolute Gasteiger partial charge is 0.407 e. The second kappa shape index (κ2) is 8.92. The van der Waals surface area contributed by atoms with E-state index in [4.69, 9.17) is 14.6 Å². The molecule has 35 heavy (non-hydrogen) atoms. The average molecular weight is 486 g/mol. The molecule has 2 N–H and O–H groups in total. The van der Waals surface area contributed by atoms with Gasteiger partial charge in [-0.3, -0.25) is 4.79 Å². The maximum atomic E-state index is 14.3. The number of fused-ring (bicyclic) bond motifs is 3. The zero-order valence-electron chi connectivity index (χ0n) is 18.7. The number of nitrogens with zero attached hydrogens (tertiary/aromatic N) is 1. The van der Waals surface area contributed by atoms with Crippen LogP contribution in [0, 0.1) is 11.8 Å². The van der Waals surface area contributed by atoms with Crippen LogP contribution in [0.1, 0.15) is 17.0 Å². The van der Waals surface area contributed by atoms with Gasteiger partial charge in [-0.2, -0.15) is 0 Å². The summed E-state index contributed by atoms with van der Waals surface area (Å²) in [6.07, 6.45) is -2.07. The Balaban J connectivity index is 1.16. The highest BCUT2D eigenvalue weighted by Gasteiger charge is 2.72. The Morgan fingerprint density at radius 2 is 1.71 bits per heavy atom. The Labute approximate surface area is 199 Å². The van der Waals surface area contributed by atoms with Crippen molar-refractivity contribution in [1.82, 2.24) is 10.2 Å². The van der Waals surface area contributed by atoms with Gasteiger partial charge in [0, 0.05) is 19.0 Å². The summed E-state index contributed by atoms with van der Waals surface area (Å²) in [4.78, 5) is 37.1. The summed E-state index contributed by atoms with van der Waals surface area (Å²) in [5, 5.41) is 11.4. The lowest BCUT2D eigenvalue weighted by molar-refractivity contribution is -0.160. The molecule has 3 atom stereocenters. The summed E-state index contributed by atoms with van der Waals surface area (Å²) >= 11 is 0. The molecule has 1 saturated carbocycles. The standard InChI is InChI=1S/C25H24F2N2O6/c26-25(27)19(21(25)22(30)29-9-10-34-20(12-29)23(31)32)11-28-24(33)35-13-18-16-7-3-1-5-14(16)15-6-2-4-8-17(15)18/h1-8,18-21H,9-13H2,(H,28,33)(H,31,32)/t19-,20?,21-/m0/s1. The quantitative estimate of drug-likeness (QED) is 0.651. The number of morpholine rings is 1. The first-order valence-corrected chi connectivity index (χ1v) is 11.4. The summed E-state index contributed by atoms with van der Waals surface area (Å²) < 4.78 is 39.1. The van der Waals surface area contributed by atoms with Gasteiger partial charge in [0.05, 0.1) is 19.1 Å². The molecule has 3 aliphatic rings. The molecule has 2 amide bonds. The number of carboxylic acid groups (broad SMARTS) is 1. The largest absolute Gasteiger partial charge is 0.479 e. The Morgan fingerprint density at radius 3 is 2.34 bits per heavy atom. The molecule has 5 rings (SSSR count). The number of alkyl halides is 2. The zero-order valence-corrected chi connectivity index (χ0v) is 18.7. The number of hydrogen-bond donors (Lipinski definition) is 2. The van der Waals surface area contributed by atoms with Gasteiger partial charge in [0.1, 0.15) is 12.5 Å². The average Bonchev–Trinajstić information content (AvgIpc) is 3.26. The van der Waals surface area contributed by atoms with Gasteiger partial charge in [0.15, 0.2) is 6.10 Å². The highest BCUT2D eigenvalue weighted by molar-refractivity contribution is 5.85. The third kappa shape index (κ3) is 4.22. The summed E-state index contributed by atoms with van der Waals surface area (Å²) in [7, 11) is 0. The molecule has 2 fully saturated rings. The van der Waals surface area contributed by atoms with Crippen LogP contribution in [0.25, 0.3) is 11.1 Å². The van der Waals surface area contributed by atoms with Crippen LogP contribution in [0.3, 0.4) is 0 Å². The van der Waals surface area contributed by atoms with Crippen LogP contribution in [0.5, 0.6) is 0 Å². The Kier molecular flexibility index (Phi) is 5.92. The molecule has 2 aromatic carbocycles. The molecule has 0 aromatic heterocycles. The first kappa shape index (κ1) is 23.2. The number of nitrogens with one attached hydrogen (secondary N) is 1. The van der Waals surface area contributed by atoms with E-state index in [0.717, 1.165) is 27.2 Å². The number of aliphatic carboxylic acids is 1. The minimum absolute atomic E-state index is 0.0380. The van der Waals surface area contributed by atoms with Crippen molar-refractivity contribution in [3.8, 4) is 11.1 Å². The molecule has 0 spiro atoms. The van der Waals surface area contributed by atoms with Gasteiger partial charge < -0.3 is 24.8 Å². The molecule has 1 unspecified atom stereocenters. The predicted molar refractivity (Wildman–Crippen MR) is 119 cm³/mol. The van der Waals surface area contributed by atoms with Crippen LogP contribution in [-0.2, 0) is 19.1 Å². The molecule has 0 radical (unpaired) electrons. The van der Waals surface area contributed by atoms with Gasteiger partial charge in [-0.05, 0) is 22.3 Å². The van der Waals surface area contributed by atoms with E-state index in [9.17, 15) is 23.2 Å². The van der Waals surface area contributed by atoms with Gasteiger partial charge in [0.25, 0.3) is 5.92 Å². The van der Waals surface area contributed by atoms with Gasteiger partial charge in [-0.25, -0.2) is 18.4 Å². The number of benzene rings is 2. The van der Waals surface area contributed by atoms with E-state index >= 15 is 0 Å². The van der Waals surface area contributed by atoms with Gasteiger partial charge in [0.2, 0.25) is 5.91 Å². The zero-order chi connectivity index (χ0) is 24.7. The van der Waals surface area contributed by atoms with Crippen molar-refractivity contribution in [2.75, 3.05) is 32.8 Å². The van der Waals surface area contributed by atoms with Crippen molar-refractivity contribution in [3.63, 3.8) is 0 Å². The number of ether oxygens (including phenoxy) is 2. The van der Waals surface area contributed by atoms with E-state index in [1.165, 1.54) is 0 Å². The molecule has 1 heterocycles. The number of alkyl carbamates (subject to hydrolysis) is 1. The van der Waals surface area contributed by atoms with E-state index in [1.807, 2.05) is 48.5 Å². The minimum Gasteiger partial charge on any atom is -0.479 e. The lowest BCUT2D eigenvalue weighted by atomic mass is 9.98. The lowest BCUT2D eigenvalue weighted by Crippen LogP contribution is -2.49. The third-order valence-electron chi connectivity index (χ3n) is 6.93. The number of carbonyl (C=O) groups excluding carboxylic acids is 2. The SMILES string of the molecule is O=C(NC[C@H]1[C@@H](C(=O)N2CCOC(C(=O)O)C2)C1(F)F)OCC1c2ccccc2-c2ccccc21. The van der Waals surface area contributed by atoms with Crippen molar-refractivity contribution in [3.05, 3.63) is 59.7 Å². The molecule has 10 heteroatoms. The summed E-state index contributed by atoms with van der Waals surface area (Å²) in [5.74, 6) is -8.51. The van der Waals surface area contributed by atoms with Crippen LogP contribution in [0.2, 0.25) is 0 Å². The summed E-state index contributed by atoms with van der Waals surface area (Å²) in [6.45, 7) is -0.654. The second-order valence-electron chi connectivity index (χ2n) is 8.95. The van der Waals surface area contributed by atoms with Gasteiger partial charge in [-0.15, -0.1) is 0 Å². The predicted octanol–water partition coefficient (Wildman–Crippen LogP) is 2.72. The van der Waals surface area contributed by atoms with Gasteiger partial charge >= 0.3 is 12.1 Å². The molecule has 1 aliphatic heterocycles. The number of carbonyl (C=O) groups is 3. The van der Waals surface area contributed by atoms with E-state index in [-0.39, 0.29) is 32.2 Å². The van der Waals surface area contributed by atoms with Crippen LogP contribution in [0.4, 0.5) is 13.6 Å². The van der Waals surface area contributed by atoms with E-state index in [1.54, 1.807) is 0 Å². The summed E-state index contributed by atoms with van der Waals surface area (Å²) in [5.41, 5.74) is 4.21. The first-order chi connectivity index (χ1) is 16.8. The Hall–Kier alpha value is -3.53. The first-order valence-electron chi connectivity index (χ1n) is 11.4. The van der Waals surface area contributed by atoms with Crippen molar-refractivity contribution in [2.24, 2.45) is 11.8 Å². The van der Waals surface area contributed by atoms with E-state index in [2.05, 4.69) is 5.32 Å². The Bertz CT molecular complexity index is 1130. The lowest BCUT2D eigenvalue weighted by Gasteiger charge is -2.31.